The predicted octanol–water partition coefficient (Wildman–Crippen LogP) is -0.0144. The fourth-order valence-electron chi connectivity index (χ4n) is 3.23. The molecule has 1 aromatic carbocycles. The number of carbonyl (C=O) groups excluding carboxylic acids is 2. The van der Waals surface area contributed by atoms with E-state index in [4.69, 9.17) is 27.4 Å². The number of hydrogen-bond donors (Lipinski definition) is 2. The van der Waals surface area contributed by atoms with Crippen LogP contribution in [0.5, 0.6) is 0 Å². The smallest absolute Gasteiger partial charge is 0.261 e. The number of thiocarbonyl (C=S) groups is 1. The Balaban J connectivity index is 1.65. The molecule has 2 saturated heterocycles. The van der Waals surface area contributed by atoms with Crippen LogP contribution >= 0.6 is 12.2 Å². The average Bonchev–Trinajstić information content (AvgIpc) is 3.10. The van der Waals surface area contributed by atoms with E-state index in [0.29, 0.717) is 23.3 Å². The molecule has 4 rings (SSSR count). The van der Waals surface area contributed by atoms with Gasteiger partial charge in [-0.1, -0.05) is 12.1 Å². The van der Waals surface area contributed by atoms with Gasteiger partial charge in [0.25, 0.3) is 11.8 Å². The van der Waals surface area contributed by atoms with Crippen molar-refractivity contribution in [3.63, 3.8) is 0 Å². The lowest BCUT2D eigenvalue weighted by molar-refractivity contribution is -0.0376. The number of benzene rings is 1. The van der Waals surface area contributed by atoms with Gasteiger partial charge in [0.2, 0.25) is 0 Å². The quantitative estimate of drug-likeness (QED) is 0.440. The van der Waals surface area contributed by atoms with Gasteiger partial charge >= 0.3 is 0 Å². The van der Waals surface area contributed by atoms with Gasteiger partial charge in [0.15, 0.2) is 11.4 Å². The second-order valence-electron chi connectivity index (χ2n) is 5.72. The van der Waals surface area contributed by atoms with Gasteiger partial charge in [-0.25, -0.2) is 0 Å². The molecule has 2 amide bonds. The molecular formula is C15H14N4O4S. The number of carbonyl (C=O) groups is 2. The zero-order chi connectivity index (χ0) is 16.8. The van der Waals surface area contributed by atoms with Gasteiger partial charge in [-0.2, -0.15) is 5.10 Å². The number of fused-ring (bicyclic) bond motifs is 3. The molecule has 8 nitrogen and oxygen atoms in total. The Kier molecular flexibility index (Phi) is 3.56. The van der Waals surface area contributed by atoms with Crippen LogP contribution < -0.4 is 11.2 Å². The minimum Gasteiger partial charge on any atom is -0.375 e. The van der Waals surface area contributed by atoms with E-state index in [9.17, 15) is 9.59 Å². The molecule has 0 spiro atoms. The third kappa shape index (κ3) is 2.29. The second-order valence-corrected chi connectivity index (χ2v) is 6.16. The standard InChI is InChI=1S/C15H14N4O4S/c16-15(24)18-17-9-5-10(11-6-22-14(9)23-11)19-12(20)7-3-1-2-4-8(7)13(19)21/h1-4,10-11,14H,5-6H2,(H3,16,18,24)/b17-9+/t10-,11-,14-/m0/s1. The highest BCUT2D eigenvalue weighted by Crippen LogP contribution is 2.33. The molecule has 24 heavy (non-hydrogen) atoms. The summed E-state index contributed by atoms with van der Waals surface area (Å²) in [7, 11) is 0. The molecule has 1 aromatic rings. The largest absolute Gasteiger partial charge is 0.375 e. The van der Waals surface area contributed by atoms with Gasteiger partial charge in [-0.3, -0.25) is 19.9 Å². The Morgan fingerprint density at radius 3 is 2.58 bits per heavy atom. The third-order valence-corrected chi connectivity index (χ3v) is 4.39. The molecule has 0 radical (unpaired) electrons. The maximum atomic E-state index is 12.7. The Morgan fingerprint density at radius 2 is 1.96 bits per heavy atom. The summed E-state index contributed by atoms with van der Waals surface area (Å²) in [5.74, 6) is -0.646. The third-order valence-electron chi connectivity index (χ3n) is 4.30. The minimum absolute atomic E-state index is 0.0138. The molecule has 2 bridgehead atoms. The van der Waals surface area contributed by atoms with Crippen molar-refractivity contribution in [2.75, 3.05) is 6.61 Å². The highest BCUT2D eigenvalue weighted by atomic mass is 32.1. The molecule has 0 unspecified atom stereocenters. The number of nitrogens with zero attached hydrogens (tertiary/aromatic N) is 2. The first-order chi connectivity index (χ1) is 11.6. The molecule has 0 aliphatic carbocycles. The number of nitrogens with one attached hydrogen (secondary N) is 1. The van der Waals surface area contributed by atoms with E-state index in [2.05, 4.69) is 10.5 Å². The van der Waals surface area contributed by atoms with Crippen LogP contribution in [0.25, 0.3) is 0 Å². The van der Waals surface area contributed by atoms with E-state index in [0.717, 1.165) is 0 Å². The molecule has 0 saturated carbocycles. The SMILES string of the molecule is NC(=S)N/N=C1\C[C@H](N2C(=O)c3ccccc3C2=O)[C@@H]2CO[C@H]1O2. The summed E-state index contributed by atoms with van der Waals surface area (Å²) in [4.78, 5) is 26.6. The average molecular weight is 346 g/mol. The molecule has 9 heteroatoms. The zero-order valence-corrected chi connectivity index (χ0v) is 13.3. The summed E-state index contributed by atoms with van der Waals surface area (Å²) in [6, 6.07) is 6.28. The van der Waals surface area contributed by atoms with Crippen LogP contribution in [0.4, 0.5) is 0 Å². The summed E-state index contributed by atoms with van der Waals surface area (Å²) in [5, 5.41) is 4.10. The topological polar surface area (TPSA) is 106 Å². The molecule has 124 valence electrons. The molecule has 3 N–H and O–H groups in total. The van der Waals surface area contributed by atoms with E-state index < -0.39 is 12.3 Å². The minimum atomic E-state index is -0.608. The normalized spacial score (nSPS) is 29.9. The molecule has 0 aromatic heterocycles. The van der Waals surface area contributed by atoms with Crippen molar-refractivity contribution >= 4 is 34.9 Å². The van der Waals surface area contributed by atoms with E-state index in [1.807, 2.05) is 0 Å². The summed E-state index contributed by atoms with van der Waals surface area (Å²) in [5.41, 5.74) is 9.20. The maximum absolute atomic E-state index is 12.7. The first-order valence-electron chi connectivity index (χ1n) is 7.42. The van der Waals surface area contributed by atoms with Gasteiger partial charge in [-0.15, -0.1) is 0 Å². The lowest BCUT2D eigenvalue weighted by atomic mass is 10.0. The van der Waals surface area contributed by atoms with Crippen LogP contribution in [0.3, 0.4) is 0 Å². The van der Waals surface area contributed by atoms with Crippen molar-refractivity contribution in [1.29, 1.82) is 0 Å². The van der Waals surface area contributed by atoms with Crippen molar-refractivity contribution in [3.05, 3.63) is 35.4 Å². The van der Waals surface area contributed by atoms with Gasteiger partial charge in [-0.05, 0) is 24.4 Å². The maximum Gasteiger partial charge on any atom is 0.261 e. The monoisotopic (exact) mass is 346 g/mol. The fraction of sp³-hybridized carbons (Fsp3) is 0.333. The van der Waals surface area contributed by atoms with Crippen LogP contribution in [-0.2, 0) is 9.47 Å². The van der Waals surface area contributed by atoms with Gasteiger partial charge in [0.1, 0.15) is 6.10 Å². The zero-order valence-electron chi connectivity index (χ0n) is 12.5. The molecule has 3 heterocycles. The van der Waals surface area contributed by atoms with Crippen LogP contribution in [0.2, 0.25) is 0 Å². The van der Waals surface area contributed by atoms with E-state index in [1.165, 1.54) is 4.90 Å². The first-order valence-corrected chi connectivity index (χ1v) is 7.83. The summed E-state index contributed by atoms with van der Waals surface area (Å²) < 4.78 is 11.3. The number of ether oxygens (including phenoxy) is 2. The molecular weight excluding hydrogens is 332 g/mol. The number of nitrogens with two attached hydrogens (primary N) is 1. The van der Waals surface area contributed by atoms with Crippen LogP contribution in [-0.4, -0.2) is 52.6 Å². The van der Waals surface area contributed by atoms with E-state index >= 15 is 0 Å². The lowest BCUT2D eigenvalue weighted by Gasteiger charge is -2.33. The van der Waals surface area contributed by atoms with Crippen molar-refractivity contribution in [1.82, 2.24) is 10.3 Å². The van der Waals surface area contributed by atoms with Crippen molar-refractivity contribution < 1.29 is 19.1 Å². The Labute approximate surface area is 142 Å². The number of hydrogen-bond acceptors (Lipinski definition) is 6. The summed E-state index contributed by atoms with van der Waals surface area (Å²) in [6.07, 6.45) is -0.638. The van der Waals surface area contributed by atoms with E-state index in [-0.39, 0.29) is 29.6 Å². The second kappa shape index (κ2) is 5.62. The van der Waals surface area contributed by atoms with Gasteiger partial charge < -0.3 is 15.2 Å². The number of amides is 2. The highest BCUT2D eigenvalue weighted by Gasteiger charge is 2.50. The van der Waals surface area contributed by atoms with Crippen molar-refractivity contribution in [3.8, 4) is 0 Å². The van der Waals surface area contributed by atoms with Crippen LogP contribution in [0, 0.1) is 0 Å². The number of hydrazone groups is 1. The first kappa shape index (κ1) is 15.2. The van der Waals surface area contributed by atoms with Gasteiger partial charge in [0, 0.05) is 6.42 Å². The van der Waals surface area contributed by atoms with Gasteiger partial charge in [0.05, 0.1) is 29.5 Å². The fourth-order valence-corrected chi connectivity index (χ4v) is 3.28. The Hall–Kier alpha value is -2.36. The number of rotatable bonds is 2. The lowest BCUT2D eigenvalue weighted by Crippen LogP contribution is -2.52. The Morgan fingerprint density at radius 1 is 1.29 bits per heavy atom. The molecule has 3 aliphatic heterocycles. The van der Waals surface area contributed by atoms with E-state index in [1.54, 1.807) is 24.3 Å². The van der Waals surface area contributed by atoms with Crippen LogP contribution in [0.1, 0.15) is 27.1 Å². The number of imide groups is 1. The summed E-state index contributed by atoms with van der Waals surface area (Å²) >= 11 is 4.73. The molecule has 3 aliphatic rings. The molecule has 2 fully saturated rings. The Bertz CT molecular complexity index is 745. The summed E-state index contributed by atoms with van der Waals surface area (Å²) in [6.45, 7) is 0.287. The van der Waals surface area contributed by atoms with Crippen LogP contribution in [0.15, 0.2) is 29.4 Å². The molecule has 3 atom stereocenters. The van der Waals surface area contributed by atoms with Crippen molar-refractivity contribution in [2.45, 2.75) is 24.9 Å². The predicted molar refractivity (Wildman–Crippen MR) is 87.3 cm³/mol. The van der Waals surface area contributed by atoms with Crippen molar-refractivity contribution in [2.24, 2.45) is 10.8 Å². The highest BCUT2D eigenvalue weighted by molar-refractivity contribution is 7.80.